The van der Waals surface area contributed by atoms with Crippen molar-refractivity contribution in [2.45, 2.75) is 10.6 Å². The molecule has 2 rings (SSSR count). The SMILES string of the molecule is [C-]#[N+]c1ccc(SCc2ccccc2)cc1F. The van der Waals surface area contributed by atoms with Gasteiger partial charge in [0.1, 0.15) is 5.82 Å². The zero-order chi connectivity index (χ0) is 12.1. The lowest BCUT2D eigenvalue weighted by Crippen LogP contribution is -1.81. The highest BCUT2D eigenvalue weighted by Crippen LogP contribution is 2.27. The first kappa shape index (κ1) is 11.7. The first-order valence-corrected chi connectivity index (χ1v) is 6.12. The molecule has 0 aliphatic rings. The van der Waals surface area contributed by atoms with E-state index in [0.29, 0.717) is 0 Å². The molecule has 84 valence electrons. The van der Waals surface area contributed by atoms with E-state index in [0.717, 1.165) is 10.6 Å². The number of hydrogen-bond donors (Lipinski definition) is 0. The van der Waals surface area contributed by atoms with Gasteiger partial charge in [-0.25, -0.2) is 9.24 Å². The number of halogens is 1. The summed E-state index contributed by atoms with van der Waals surface area (Å²) in [4.78, 5) is 3.94. The molecular weight excluding hydrogens is 233 g/mol. The van der Waals surface area contributed by atoms with Crippen LogP contribution in [0, 0.1) is 12.4 Å². The second-order valence-corrected chi connectivity index (χ2v) is 4.55. The van der Waals surface area contributed by atoms with Crippen LogP contribution in [0.1, 0.15) is 5.56 Å². The molecule has 0 radical (unpaired) electrons. The van der Waals surface area contributed by atoms with Crippen LogP contribution >= 0.6 is 11.8 Å². The van der Waals surface area contributed by atoms with Crippen LogP contribution in [0.4, 0.5) is 10.1 Å². The fourth-order valence-corrected chi connectivity index (χ4v) is 2.29. The van der Waals surface area contributed by atoms with Gasteiger partial charge >= 0.3 is 0 Å². The van der Waals surface area contributed by atoms with E-state index in [4.69, 9.17) is 6.57 Å². The Bertz CT molecular complexity index is 546. The van der Waals surface area contributed by atoms with Gasteiger partial charge in [-0.1, -0.05) is 42.5 Å². The van der Waals surface area contributed by atoms with Gasteiger partial charge in [0.2, 0.25) is 5.69 Å². The standard InChI is InChI=1S/C14H10FNS/c1-16-14-8-7-12(9-13(14)15)17-10-11-5-3-2-4-6-11/h2-9H,10H2. The number of hydrogen-bond acceptors (Lipinski definition) is 1. The monoisotopic (exact) mass is 243 g/mol. The topological polar surface area (TPSA) is 4.36 Å². The summed E-state index contributed by atoms with van der Waals surface area (Å²) in [5.41, 5.74) is 1.28. The number of rotatable bonds is 3. The maximum Gasteiger partial charge on any atom is 0.222 e. The Morgan fingerprint density at radius 1 is 1.12 bits per heavy atom. The lowest BCUT2D eigenvalue weighted by atomic mass is 10.2. The van der Waals surface area contributed by atoms with Gasteiger partial charge in [-0.05, 0) is 11.6 Å². The van der Waals surface area contributed by atoms with Crippen LogP contribution in [0.25, 0.3) is 4.85 Å². The summed E-state index contributed by atoms with van der Waals surface area (Å²) < 4.78 is 13.3. The van der Waals surface area contributed by atoms with Crippen LogP contribution in [0.3, 0.4) is 0 Å². The van der Waals surface area contributed by atoms with E-state index >= 15 is 0 Å². The van der Waals surface area contributed by atoms with Crippen LogP contribution in [-0.4, -0.2) is 0 Å². The van der Waals surface area contributed by atoms with Crippen molar-refractivity contribution in [3.63, 3.8) is 0 Å². The molecule has 0 unspecified atom stereocenters. The van der Waals surface area contributed by atoms with Crippen molar-refractivity contribution in [3.05, 3.63) is 71.3 Å². The van der Waals surface area contributed by atoms with Crippen molar-refractivity contribution in [2.24, 2.45) is 0 Å². The van der Waals surface area contributed by atoms with E-state index in [9.17, 15) is 4.39 Å². The molecule has 1 nitrogen and oxygen atoms in total. The molecule has 0 heterocycles. The molecule has 0 aliphatic heterocycles. The average Bonchev–Trinajstić information content (AvgIpc) is 2.38. The maximum atomic E-state index is 13.3. The number of nitrogens with zero attached hydrogens (tertiary/aromatic N) is 1. The minimum Gasteiger partial charge on any atom is -0.235 e. The number of benzene rings is 2. The van der Waals surface area contributed by atoms with Gasteiger partial charge in [0, 0.05) is 10.6 Å². The minimum absolute atomic E-state index is 0.0778. The number of thioether (sulfide) groups is 1. The van der Waals surface area contributed by atoms with Gasteiger partial charge in [-0.2, -0.15) is 0 Å². The summed E-state index contributed by atoms with van der Waals surface area (Å²) in [5.74, 6) is 0.357. The van der Waals surface area contributed by atoms with Gasteiger partial charge in [-0.3, -0.25) is 0 Å². The van der Waals surface area contributed by atoms with Crippen LogP contribution in [0.15, 0.2) is 53.4 Å². The van der Waals surface area contributed by atoms with Crippen molar-refractivity contribution in [1.29, 1.82) is 0 Å². The summed E-state index contributed by atoms with van der Waals surface area (Å²) >= 11 is 1.56. The lowest BCUT2D eigenvalue weighted by molar-refractivity contribution is 0.630. The predicted octanol–water partition coefficient (Wildman–Crippen LogP) is 4.67. The maximum absolute atomic E-state index is 13.3. The summed E-state index contributed by atoms with van der Waals surface area (Å²) in [7, 11) is 0. The molecule has 0 bridgehead atoms. The normalized spacial score (nSPS) is 9.88. The molecular formula is C14H10FNS. The van der Waals surface area contributed by atoms with Crippen molar-refractivity contribution in [2.75, 3.05) is 0 Å². The van der Waals surface area contributed by atoms with E-state index in [-0.39, 0.29) is 5.69 Å². The molecule has 17 heavy (non-hydrogen) atoms. The molecule has 0 aliphatic carbocycles. The first-order valence-electron chi connectivity index (χ1n) is 5.13. The second kappa shape index (κ2) is 5.51. The predicted molar refractivity (Wildman–Crippen MR) is 68.7 cm³/mol. The highest BCUT2D eigenvalue weighted by Gasteiger charge is 2.03. The van der Waals surface area contributed by atoms with Gasteiger partial charge in [0.15, 0.2) is 0 Å². The Morgan fingerprint density at radius 2 is 1.88 bits per heavy atom. The second-order valence-electron chi connectivity index (χ2n) is 3.50. The molecule has 0 aromatic heterocycles. The first-order chi connectivity index (χ1) is 8.29. The van der Waals surface area contributed by atoms with Gasteiger partial charge < -0.3 is 0 Å². The Morgan fingerprint density at radius 3 is 2.53 bits per heavy atom. The Hall–Kier alpha value is -1.79. The molecule has 2 aromatic rings. The Balaban J connectivity index is 2.06. The van der Waals surface area contributed by atoms with Crippen LogP contribution in [-0.2, 0) is 5.75 Å². The Labute approximate surface area is 104 Å². The lowest BCUT2D eigenvalue weighted by Gasteiger charge is -2.02. The quantitative estimate of drug-likeness (QED) is 0.560. The van der Waals surface area contributed by atoms with E-state index in [1.54, 1.807) is 17.8 Å². The molecule has 3 heteroatoms. The third-order valence-corrected chi connectivity index (χ3v) is 3.35. The summed E-state index contributed by atoms with van der Waals surface area (Å²) in [6, 6.07) is 14.7. The molecule has 0 saturated heterocycles. The van der Waals surface area contributed by atoms with Crippen LogP contribution in [0.2, 0.25) is 0 Å². The molecule has 0 saturated carbocycles. The fourth-order valence-electron chi connectivity index (χ4n) is 1.41. The summed E-state index contributed by atoms with van der Waals surface area (Å²) in [5, 5.41) is 0. The third kappa shape index (κ3) is 3.08. The van der Waals surface area contributed by atoms with Crippen molar-refractivity contribution in [1.82, 2.24) is 0 Å². The molecule has 0 amide bonds. The fraction of sp³-hybridized carbons (Fsp3) is 0.0714. The average molecular weight is 243 g/mol. The highest BCUT2D eigenvalue weighted by molar-refractivity contribution is 7.98. The summed E-state index contributed by atoms with van der Waals surface area (Å²) in [6.45, 7) is 6.77. The molecule has 0 atom stereocenters. The van der Waals surface area contributed by atoms with E-state index in [1.165, 1.54) is 17.7 Å². The third-order valence-electron chi connectivity index (χ3n) is 2.29. The van der Waals surface area contributed by atoms with Crippen LogP contribution in [0.5, 0.6) is 0 Å². The van der Waals surface area contributed by atoms with Gasteiger partial charge in [-0.15, -0.1) is 11.8 Å². The Kier molecular flexibility index (Phi) is 3.79. The largest absolute Gasteiger partial charge is 0.235 e. The van der Waals surface area contributed by atoms with Crippen molar-refractivity contribution < 1.29 is 4.39 Å². The highest BCUT2D eigenvalue weighted by atomic mass is 32.2. The smallest absolute Gasteiger partial charge is 0.222 e. The van der Waals surface area contributed by atoms with Gasteiger partial charge in [0.05, 0.1) is 6.57 Å². The molecule has 0 fully saturated rings. The minimum atomic E-state index is -0.446. The zero-order valence-electron chi connectivity index (χ0n) is 9.06. The van der Waals surface area contributed by atoms with E-state index in [2.05, 4.69) is 4.85 Å². The zero-order valence-corrected chi connectivity index (χ0v) is 9.88. The van der Waals surface area contributed by atoms with E-state index < -0.39 is 5.82 Å². The molecule has 0 spiro atoms. The van der Waals surface area contributed by atoms with Gasteiger partial charge in [0.25, 0.3) is 0 Å². The van der Waals surface area contributed by atoms with Crippen LogP contribution < -0.4 is 0 Å². The molecule has 0 N–H and O–H groups in total. The van der Waals surface area contributed by atoms with E-state index in [1.807, 2.05) is 30.3 Å². The molecule has 2 aromatic carbocycles. The summed E-state index contributed by atoms with van der Waals surface area (Å²) in [6.07, 6.45) is 0. The van der Waals surface area contributed by atoms with Crippen molar-refractivity contribution in [3.8, 4) is 0 Å². The van der Waals surface area contributed by atoms with Crippen molar-refractivity contribution >= 4 is 17.4 Å².